The van der Waals surface area contributed by atoms with E-state index in [4.69, 9.17) is 4.74 Å². The van der Waals surface area contributed by atoms with Gasteiger partial charge in [-0.05, 0) is 34.9 Å². The van der Waals surface area contributed by atoms with Crippen LogP contribution in [0.4, 0.5) is 5.69 Å². The Morgan fingerprint density at radius 1 is 1.18 bits per heavy atom. The molecule has 0 unspecified atom stereocenters. The van der Waals surface area contributed by atoms with Crippen LogP contribution in [0.15, 0.2) is 18.2 Å². The molecular formula is C21H34N2O4S. The van der Waals surface area contributed by atoms with Crippen molar-refractivity contribution in [3.05, 3.63) is 23.8 Å². The molecule has 2 rings (SSSR count). The Bertz CT molecular complexity index is 817. The largest absolute Gasteiger partial charge is 0.476 e. The van der Waals surface area contributed by atoms with Gasteiger partial charge in [-0.3, -0.25) is 9.10 Å². The molecule has 0 saturated carbocycles. The lowest BCUT2D eigenvalue weighted by Crippen LogP contribution is -2.54. The number of nitrogens with zero attached hydrogens (tertiary/aromatic N) is 1. The first-order valence-corrected chi connectivity index (χ1v) is 11.7. The van der Waals surface area contributed by atoms with Crippen LogP contribution in [0, 0.1) is 11.8 Å². The summed E-state index contributed by atoms with van der Waals surface area (Å²) >= 11 is 0. The van der Waals surface area contributed by atoms with E-state index in [0.29, 0.717) is 11.4 Å². The maximum Gasteiger partial charge on any atom is 0.263 e. The summed E-state index contributed by atoms with van der Waals surface area (Å²) in [5, 5.41) is 3.04. The van der Waals surface area contributed by atoms with Crippen LogP contribution in [0.1, 0.15) is 54.0 Å². The number of fused-ring (bicyclic) bond motifs is 1. The molecule has 1 aliphatic heterocycles. The summed E-state index contributed by atoms with van der Waals surface area (Å²) in [6.07, 6.45) is 0.272. The lowest BCUT2D eigenvalue weighted by atomic mass is 9.86. The lowest BCUT2D eigenvalue weighted by Gasteiger charge is -2.36. The van der Waals surface area contributed by atoms with Crippen molar-refractivity contribution in [3.63, 3.8) is 0 Å². The molecule has 1 amide bonds. The lowest BCUT2D eigenvalue weighted by molar-refractivity contribution is -0.129. The highest BCUT2D eigenvalue weighted by atomic mass is 32.2. The highest BCUT2D eigenvalue weighted by Gasteiger charge is 2.37. The first-order chi connectivity index (χ1) is 12.7. The molecule has 0 radical (unpaired) electrons. The Balaban J connectivity index is 2.38. The molecule has 1 atom stereocenters. The molecule has 1 heterocycles. The van der Waals surface area contributed by atoms with Gasteiger partial charge in [0.2, 0.25) is 10.0 Å². The van der Waals surface area contributed by atoms with Gasteiger partial charge in [0.15, 0.2) is 6.10 Å². The van der Waals surface area contributed by atoms with Crippen LogP contribution in [0.5, 0.6) is 5.75 Å². The number of hydrogen-bond donors (Lipinski definition) is 1. The second-order valence-electron chi connectivity index (χ2n) is 9.36. The summed E-state index contributed by atoms with van der Waals surface area (Å²) in [5.74, 6) is 0.655. The van der Waals surface area contributed by atoms with Crippen LogP contribution in [0.2, 0.25) is 0 Å². The van der Waals surface area contributed by atoms with Gasteiger partial charge in [0.05, 0.1) is 18.5 Å². The van der Waals surface area contributed by atoms with Gasteiger partial charge in [0, 0.05) is 6.04 Å². The Labute approximate surface area is 169 Å². The smallest absolute Gasteiger partial charge is 0.263 e. The van der Waals surface area contributed by atoms with Crippen molar-refractivity contribution >= 4 is 21.6 Å². The van der Waals surface area contributed by atoms with E-state index in [-0.39, 0.29) is 35.7 Å². The summed E-state index contributed by atoms with van der Waals surface area (Å²) in [6.45, 7) is 14.4. The molecule has 0 fully saturated rings. The van der Waals surface area contributed by atoms with Crippen molar-refractivity contribution in [1.29, 1.82) is 0 Å². The Morgan fingerprint density at radius 3 is 2.21 bits per heavy atom. The van der Waals surface area contributed by atoms with Crippen molar-refractivity contribution in [3.8, 4) is 5.75 Å². The Morgan fingerprint density at radius 2 is 1.75 bits per heavy atom. The van der Waals surface area contributed by atoms with Crippen molar-refractivity contribution in [2.45, 2.75) is 66.0 Å². The molecule has 0 aliphatic carbocycles. The van der Waals surface area contributed by atoms with E-state index in [2.05, 4.69) is 53.8 Å². The number of rotatable bonds is 5. The predicted molar refractivity (Wildman–Crippen MR) is 113 cm³/mol. The van der Waals surface area contributed by atoms with Gasteiger partial charge in [0.1, 0.15) is 5.75 Å². The van der Waals surface area contributed by atoms with E-state index >= 15 is 0 Å². The third-order valence-corrected chi connectivity index (χ3v) is 6.28. The molecule has 1 N–H and O–H groups in total. The first-order valence-electron chi connectivity index (χ1n) is 9.81. The second kappa shape index (κ2) is 7.93. The van der Waals surface area contributed by atoms with E-state index < -0.39 is 16.1 Å². The zero-order valence-electron chi connectivity index (χ0n) is 18.2. The zero-order chi connectivity index (χ0) is 21.4. The first kappa shape index (κ1) is 22.5. The molecule has 0 spiro atoms. The minimum Gasteiger partial charge on any atom is -0.476 e. The van der Waals surface area contributed by atoms with Crippen LogP contribution in [-0.2, 0) is 20.2 Å². The van der Waals surface area contributed by atoms with Crippen LogP contribution in [0.25, 0.3) is 0 Å². The van der Waals surface area contributed by atoms with Crippen LogP contribution in [0.3, 0.4) is 0 Å². The van der Waals surface area contributed by atoms with E-state index in [1.165, 1.54) is 4.31 Å². The average Bonchev–Trinajstić information content (AvgIpc) is 2.55. The number of carbonyl (C=O) groups is 1. The number of amides is 1. The highest BCUT2D eigenvalue weighted by Crippen LogP contribution is 2.38. The number of ether oxygens (including phenoxy) is 1. The zero-order valence-corrected chi connectivity index (χ0v) is 19.1. The van der Waals surface area contributed by atoms with E-state index in [1.54, 1.807) is 6.07 Å². The molecule has 6 nitrogen and oxygen atoms in total. The van der Waals surface area contributed by atoms with Gasteiger partial charge in [0.25, 0.3) is 5.91 Å². The molecule has 0 aromatic heterocycles. The quantitative estimate of drug-likeness (QED) is 0.808. The summed E-state index contributed by atoms with van der Waals surface area (Å²) in [7, 11) is -3.56. The molecular weight excluding hydrogens is 376 g/mol. The third kappa shape index (κ3) is 4.99. The molecule has 1 aromatic rings. The number of sulfonamides is 1. The van der Waals surface area contributed by atoms with Gasteiger partial charge in [-0.25, -0.2) is 8.42 Å². The fourth-order valence-corrected chi connectivity index (χ4v) is 4.43. The van der Waals surface area contributed by atoms with Gasteiger partial charge in [-0.1, -0.05) is 54.5 Å². The maximum atomic E-state index is 12.9. The standard InChI is InChI=1S/C21H34N2O4S/c1-13(2)19(14(3)4)22-20(24)18-12-23(28(8,25)26)16-11-15(21(5,6)7)9-10-17(16)27-18/h9-11,13-14,18-19H,12H2,1-8H3,(H,22,24)/t18-/m0/s1. The minimum absolute atomic E-state index is 0.00699. The van der Waals surface area contributed by atoms with Gasteiger partial charge < -0.3 is 10.1 Å². The van der Waals surface area contributed by atoms with Gasteiger partial charge in [-0.15, -0.1) is 0 Å². The summed E-state index contributed by atoms with van der Waals surface area (Å²) < 4.78 is 32.1. The minimum atomic E-state index is -3.56. The van der Waals surface area contributed by atoms with Gasteiger partial charge >= 0.3 is 0 Å². The summed E-state index contributed by atoms with van der Waals surface area (Å²) in [5.41, 5.74) is 1.36. The van der Waals surface area contributed by atoms with Crippen LogP contribution >= 0.6 is 0 Å². The summed E-state index contributed by atoms with van der Waals surface area (Å²) in [4.78, 5) is 12.9. The third-order valence-electron chi connectivity index (χ3n) is 5.13. The average molecular weight is 411 g/mol. The normalized spacial score (nSPS) is 17.7. The number of hydrogen-bond acceptors (Lipinski definition) is 4. The van der Waals surface area contributed by atoms with Crippen molar-refractivity contribution in [1.82, 2.24) is 5.32 Å². The Hall–Kier alpha value is -1.76. The van der Waals surface area contributed by atoms with Crippen molar-refractivity contribution < 1.29 is 17.9 Å². The highest BCUT2D eigenvalue weighted by molar-refractivity contribution is 7.92. The number of carbonyl (C=O) groups excluding carboxylic acids is 1. The number of nitrogens with one attached hydrogen (secondary N) is 1. The molecule has 28 heavy (non-hydrogen) atoms. The van der Waals surface area contributed by atoms with E-state index in [1.807, 2.05) is 12.1 Å². The van der Waals surface area contributed by atoms with Crippen LogP contribution in [-0.4, -0.2) is 39.3 Å². The summed E-state index contributed by atoms with van der Waals surface area (Å²) in [6, 6.07) is 5.52. The predicted octanol–water partition coefficient (Wildman–Crippen LogP) is 3.31. The van der Waals surface area contributed by atoms with Crippen molar-refractivity contribution in [2.75, 3.05) is 17.1 Å². The molecule has 0 saturated heterocycles. The number of benzene rings is 1. The second-order valence-corrected chi connectivity index (χ2v) is 11.3. The van der Waals surface area contributed by atoms with Crippen molar-refractivity contribution in [2.24, 2.45) is 11.8 Å². The molecule has 0 bridgehead atoms. The fraction of sp³-hybridized carbons (Fsp3) is 0.667. The van der Waals surface area contributed by atoms with E-state index in [9.17, 15) is 13.2 Å². The maximum absolute atomic E-state index is 12.9. The molecule has 7 heteroatoms. The van der Waals surface area contributed by atoms with Crippen LogP contribution < -0.4 is 14.4 Å². The topological polar surface area (TPSA) is 75.7 Å². The number of anilines is 1. The Kier molecular flexibility index (Phi) is 6.38. The molecule has 1 aromatic carbocycles. The molecule has 158 valence electrons. The monoisotopic (exact) mass is 410 g/mol. The fourth-order valence-electron chi connectivity index (χ4n) is 3.53. The van der Waals surface area contributed by atoms with Gasteiger partial charge in [-0.2, -0.15) is 0 Å². The van der Waals surface area contributed by atoms with E-state index in [0.717, 1.165) is 11.8 Å². The SMILES string of the molecule is CC(C)C(NC(=O)[C@@H]1CN(S(C)(=O)=O)c2cc(C(C)(C)C)ccc2O1)C(C)C. The molecule has 1 aliphatic rings.